The monoisotopic (exact) mass is 293 g/mol. The fourth-order valence-electron chi connectivity index (χ4n) is 1.03. The minimum Gasteiger partial charge on any atom is -0.397 e. The van der Waals surface area contributed by atoms with E-state index in [4.69, 9.17) is 23.1 Å². The van der Waals surface area contributed by atoms with E-state index in [1.54, 1.807) is 0 Å². The molecule has 0 aromatic heterocycles. The molecule has 0 bridgehead atoms. The second-order valence-corrected chi connectivity index (χ2v) is 4.43. The summed E-state index contributed by atoms with van der Waals surface area (Å²) in [6.07, 6.45) is 0. The highest BCUT2D eigenvalue weighted by Gasteiger charge is 2.13. The lowest BCUT2D eigenvalue weighted by atomic mass is 10.2. The summed E-state index contributed by atoms with van der Waals surface area (Å²) in [6, 6.07) is 1.41. The molecule has 0 saturated heterocycles. The van der Waals surface area contributed by atoms with Crippen LogP contribution in [-0.2, 0) is 0 Å². The Bertz CT molecular complexity index is 409. The van der Waals surface area contributed by atoms with Crippen LogP contribution in [0.4, 0.5) is 21.5 Å². The third-order valence-electron chi connectivity index (χ3n) is 1.72. The fraction of sp³-hybridized carbons (Fsp3) is 0.111. The molecule has 1 rings (SSSR count). The van der Waals surface area contributed by atoms with Crippen LogP contribution in [0.15, 0.2) is 17.1 Å². The van der Waals surface area contributed by atoms with Crippen molar-refractivity contribution in [3.8, 4) is 0 Å². The molecule has 0 spiro atoms. The molecule has 15 heavy (non-hydrogen) atoms. The molecule has 3 nitrogen and oxygen atoms in total. The van der Waals surface area contributed by atoms with Gasteiger partial charge in [-0.15, -0.1) is 0 Å². The van der Waals surface area contributed by atoms with Crippen molar-refractivity contribution < 1.29 is 4.39 Å². The van der Waals surface area contributed by atoms with Crippen molar-refractivity contribution in [2.24, 2.45) is 0 Å². The first-order valence-electron chi connectivity index (χ1n) is 4.03. The Morgan fingerprint density at radius 3 is 2.67 bits per heavy atom. The maximum atomic E-state index is 13.6. The first-order valence-corrected chi connectivity index (χ1v) is 5.20. The van der Waals surface area contributed by atoms with E-state index in [1.165, 1.54) is 6.07 Å². The molecule has 0 aliphatic carbocycles. The van der Waals surface area contributed by atoms with Crippen LogP contribution in [0.2, 0.25) is 5.02 Å². The first kappa shape index (κ1) is 12.1. The molecule has 0 unspecified atom stereocenters. The Kier molecular flexibility index (Phi) is 3.82. The number of nitrogens with two attached hydrogens (primary N) is 2. The second kappa shape index (κ2) is 4.72. The van der Waals surface area contributed by atoms with Gasteiger partial charge in [-0.2, -0.15) is 0 Å². The van der Waals surface area contributed by atoms with Crippen LogP contribution in [-0.4, -0.2) is 6.54 Å². The Morgan fingerprint density at radius 2 is 2.13 bits per heavy atom. The zero-order valence-electron chi connectivity index (χ0n) is 7.78. The van der Waals surface area contributed by atoms with E-state index in [9.17, 15) is 4.39 Å². The molecule has 0 fully saturated rings. The van der Waals surface area contributed by atoms with Gasteiger partial charge in [0.25, 0.3) is 0 Å². The summed E-state index contributed by atoms with van der Waals surface area (Å²) in [7, 11) is 0. The summed E-state index contributed by atoms with van der Waals surface area (Å²) < 4.78 is 14.2. The molecule has 0 heterocycles. The van der Waals surface area contributed by atoms with Crippen molar-refractivity contribution in [1.82, 2.24) is 0 Å². The van der Waals surface area contributed by atoms with Gasteiger partial charge in [0.2, 0.25) is 0 Å². The molecular formula is C9H10BrClFN3. The lowest BCUT2D eigenvalue weighted by molar-refractivity contribution is 0.632. The number of rotatable bonds is 3. The van der Waals surface area contributed by atoms with E-state index in [0.29, 0.717) is 11.0 Å². The largest absolute Gasteiger partial charge is 0.397 e. The lowest BCUT2D eigenvalue weighted by Crippen LogP contribution is -2.07. The highest BCUT2D eigenvalue weighted by molar-refractivity contribution is 9.11. The van der Waals surface area contributed by atoms with Gasteiger partial charge < -0.3 is 16.8 Å². The van der Waals surface area contributed by atoms with Crippen molar-refractivity contribution in [2.45, 2.75) is 0 Å². The van der Waals surface area contributed by atoms with Gasteiger partial charge in [-0.25, -0.2) is 4.39 Å². The Morgan fingerprint density at radius 1 is 1.53 bits per heavy atom. The quantitative estimate of drug-likeness (QED) is 0.751. The molecule has 6 heteroatoms. The van der Waals surface area contributed by atoms with Crippen LogP contribution in [0.3, 0.4) is 0 Å². The van der Waals surface area contributed by atoms with Gasteiger partial charge in [0.05, 0.1) is 17.1 Å². The maximum Gasteiger partial charge on any atom is 0.169 e. The summed E-state index contributed by atoms with van der Waals surface area (Å²) in [5, 5.41) is 2.63. The number of hydrogen-bond acceptors (Lipinski definition) is 3. The summed E-state index contributed by atoms with van der Waals surface area (Å²) in [5.74, 6) is -0.650. The third-order valence-corrected chi connectivity index (χ3v) is 2.39. The number of benzene rings is 1. The molecule has 1 aromatic rings. The van der Waals surface area contributed by atoms with E-state index in [2.05, 4.69) is 27.8 Å². The van der Waals surface area contributed by atoms with Crippen molar-refractivity contribution in [1.29, 1.82) is 0 Å². The van der Waals surface area contributed by atoms with Crippen LogP contribution < -0.4 is 16.8 Å². The summed E-state index contributed by atoms with van der Waals surface area (Å²) in [4.78, 5) is 0. The Balaban J connectivity index is 3.07. The molecule has 0 amide bonds. The highest BCUT2D eigenvalue weighted by atomic mass is 79.9. The van der Waals surface area contributed by atoms with Crippen LogP contribution in [0.25, 0.3) is 0 Å². The van der Waals surface area contributed by atoms with Crippen LogP contribution in [0.5, 0.6) is 0 Å². The molecule has 5 N–H and O–H groups in total. The number of hydrogen-bond donors (Lipinski definition) is 3. The predicted molar refractivity (Wildman–Crippen MR) is 66.8 cm³/mol. The second-order valence-electron chi connectivity index (χ2n) is 2.93. The number of halogens is 3. The zero-order chi connectivity index (χ0) is 11.6. The SMILES string of the molecule is C=C(Br)CNc1c(N)cc(N)c(Cl)c1F. The zero-order valence-corrected chi connectivity index (χ0v) is 10.1. The number of nitrogen functional groups attached to an aromatic ring is 2. The summed E-state index contributed by atoms with van der Waals surface area (Å²) >= 11 is 8.78. The van der Waals surface area contributed by atoms with E-state index in [1.807, 2.05) is 0 Å². The summed E-state index contributed by atoms with van der Waals surface area (Å²) in [6.45, 7) is 3.95. The smallest absolute Gasteiger partial charge is 0.169 e. The van der Waals surface area contributed by atoms with Crippen molar-refractivity contribution >= 4 is 44.6 Å². The molecule has 1 aromatic carbocycles. The minimum atomic E-state index is -0.650. The molecule has 0 radical (unpaired) electrons. The molecule has 0 aliphatic heterocycles. The van der Waals surface area contributed by atoms with E-state index < -0.39 is 5.82 Å². The average Bonchev–Trinajstić information content (AvgIpc) is 2.14. The maximum absolute atomic E-state index is 13.6. The van der Waals surface area contributed by atoms with Gasteiger partial charge in [-0.05, 0) is 6.07 Å². The van der Waals surface area contributed by atoms with Gasteiger partial charge in [-0.3, -0.25) is 0 Å². The minimum absolute atomic E-state index is 0.120. The van der Waals surface area contributed by atoms with Crippen LogP contribution in [0.1, 0.15) is 0 Å². The van der Waals surface area contributed by atoms with E-state index in [-0.39, 0.29) is 22.1 Å². The first-order chi connectivity index (χ1) is 6.93. The predicted octanol–water partition coefficient (Wildman–Crippen LogP) is 2.96. The molecule has 0 saturated carbocycles. The van der Waals surface area contributed by atoms with Crippen molar-refractivity contribution in [3.63, 3.8) is 0 Å². The van der Waals surface area contributed by atoms with Gasteiger partial charge in [0.15, 0.2) is 5.82 Å². The van der Waals surface area contributed by atoms with Gasteiger partial charge in [0.1, 0.15) is 5.02 Å². The molecule has 0 atom stereocenters. The Labute approximate surface area is 100 Å². The normalized spacial score (nSPS) is 10.1. The lowest BCUT2D eigenvalue weighted by Gasteiger charge is -2.12. The standard InChI is InChI=1S/C9H10BrClFN3/c1-4(10)3-15-9-6(14)2-5(13)7(11)8(9)12/h2,15H,1,3,13-14H2. The fourth-order valence-corrected chi connectivity index (χ4v) is 1.32. The Hall–Kier alpha value is -0.940. The van der Waals surface area contributed by atoms with E-state index in [0.717, 1.165) is 0 Å². The van der Waals surface area contributed by atoms with Gasteiger partial charge in [0, 0.05) is 11.0 Å². The summed E-state index contributed by atoms with van der Waals surface area (Å²) in [5.41, 5.74) is 11.5. The number of nitrogens with one attached hydrogen (secondary N) is 1. The third kappa shape index (κ3) is 2.76. The van der Waals surface area contributed by atoms with Crippen LogP contribution >= 0.6 is 27.5 Å². The average molecular weight is 295 g/mol. The highest BCUT2D eigenvalue weighted by Crippen LogP contribution is 2.33. The number of anilines is 3. The van der Waals surface area contributed by atoms with Crippen molar-refractivity contribution in [2.75, 3.05) is 23.3 Å². The van der Waals surface area contributed by atoms with Gasteiger partial charge in [-0.1, -0.05) is 34.1 Å². The molecule has 0 aliphatic rings. The van der Waals surface area contributed by atoms with Crippen LogP contribution in [0, 0.1) is 5.82 Å². The molecular weight excluding hydrogens is 284 g/mol. The van der Waals surface area contributed by atoms with Gasteiger partial charge >= 0.3 is 0 Å². The van der Waals surface area contributed by atoms with E-state index >= 15 is 0 Å². The van der Waals surface area contributed by atoms with Crippen molar-refractivity contribution in [3.05, 3.63) is 28.0 Å². The molecule has 82 valence electrons. The topological polar surface area (TPSA) is 64.1 Å².